The van der Waals surface area contributed by atoms with Crippen molar-refractivity contribution in [2.24, 2.45) is 0 Å². The number of H-pyrrole nitrogens is 1. The molecule has 0 aliphatic rings. The van der Waals surface area contributed by atoms with Crippen LogP contribution < -0.4 is 11.2 Å². The van der Waals surface area contributed by atoms with Crippen LogP contribution in [0.25, 0.3) is 10.9 Å². The summed E-state index contributed by atoms with van der Waals surface area (Å²) in [5.41, 5.74) is -0.602. The van der Waals surface area contributed by atoms with Crippen molar-refractivity contribution in [1.29, 1.82) is 0 Å². The average Bonchev–Trinajstić information content (AvgIpc) is 2.57. The smallest absolute Gasteiger partial charge is 0.328 e. The Morgan fingerprint density at radius 1 is 1.32 bits per heavy atom. The first-order valence-electron chi connectivity index (χ1n) is 7.66. The fourth-order valence-corrected chi connectivity index (χ4v) is 2.47. The van der Waals surface area contributed by atoms with Gasteiger partial charge in [0.2, 0.25) is 0 Å². The van der Waals surface area contributed by atoms with Crippen molar-refractivity contribution in [3.8, 4) is 0 Å². The van der Waals surface area contributed by atoms with E-state index in [0.717, 1.165) is 9.47 Å². The molecule has 2 aromatic rings. The fraction of sp³-hybridized carbons (Fsp3) is 0.375. The number of nitrogens with one attached hydrogen (secondary N) is 1. The molecule has 9 heteroatoms. The fourth-order valence-electron chi connectivity index (χ4n) is 2.47. The number of aromatic amines is 1. The number of ether oxygens (including phenoxy) is 1. The third-order valence-corrected chi connectivity index (χ3v) is 3.72. The molecule has 0 radical (unpaired) electrons. The average molecular weight is 349 g/mol. The number of carboxylic acid groups (broad SMARTS) is 1. The first kappa shape index (κ1) is 18.4. The summed E-state index contributed by atoms with van der Waals surface area (Å²) in [6.07, 6.45) is 0. The maximum atomic E-state index is 12.6. The Labute approximate surface area is 142 Å². The Morgan fingerprint density at radius 3 is 2.64 bits per heavy atom. The lowest BCUT2D eigenvalue weighted by atomic mass is 10.1. The number of amides is 1. The molecule has 1 aromatic carbocycles. The maximum Gasteiger partial charge on any atom is 0.328 e. The van der Waals surface area contributed by atoms with E-state index in [1.807, 2.05) is 0 Å². The number of carbonyl (C=O) groups is 2. The van der Waals surface area contributed by atoms with Gasteiger partial charge in [-0.25, -0.2) is 4.79 Å². The second-order valence-corrected chi connectivity index (χ2v) is 5.35. The van der Waals surface area contributed by atoms with Crippen molar-refractivity contribution in [1.82, 2.24) is 14.5 Å². The van der Waals surface area contributed by atoms with Gasteiger partial charge in [0, 0.05) is 25.8 Å². The van der Waals surface area contributed by atoms with Gasteiger partial charge in [0.15, 0.2) is 0 Å². The van der Waals surface area contributed by atoms with Gasteiger partial charge in [-0.1, -0.05) is 0 Å². The largest absolute Gasteiger partial charge is 0.480 e. The number of hydrogen-bond donors (Lipinski definition) is 2. The highest BCUT2D eigenvalue weighted by atomic mass is 16.5. The number of carboxylic acids is 1. The molecule has 9 nitrogen and oxygen atoms in total. The molecule has 134 valence electrons. The van der Waals surface area contributed by atoms with E-state index in [0.29, 0.717) is 0 Å². The third-order valence-electron chi connectivity index (χ3n) is 3.72. The zero-order chi connectivity index (χ0) is 18.6. The minimum absolute atomic E-state index is 0.105. The molecule has 1 heterocycles. The van der Waals surface area contributed by atoms with Crippen LogP contribution in [0, 0.1) is 0 Å². The number of aromatic nitrogens is 2. The maximum absolute atomic E-state index is 12.6. The molecule has 0 spiro atoms. The molecule has 0 saturated heterocycles. The molecule has 0 fully saturated rings. The zero-order valence-corrected chi connectivity index (χ0v) is 13.9. The number of benzene rings is 1. The summed E-state index contributed by atoms with van der Waals surface area (Å²) in [7, 11) is 1.45. The molecule has 25 heavy (non-hydrogen) atoms. The summed E-state index contributed by atoms with van der Waals surface area (Å²) in [6, 6.07) is 4.26. The Hall–Kier alpha value is -2.94. The van der Waals surface area contributed by atoms with Gasteiger partial charge in [-0.15, -0.1) is 0 Å². The van der Waals surface area contributed by atoms with Gasteiger partial charge >= 0.3 is 11.7 Å². The highest BCUT2D eigenvalue weighted by Crippen LogP contribution is 2.12. The van der Waals surface area contributed by atoms with Crippen LogP contribution in [-0.4, -0.2) is 58.2 Å². The van der Waals surface area contributed by atoms with Gasteiger partial charge < -0.3 is 19.7 Å². The Balaban J connectivity index is 2.46. The molecule has 0 atom stereocenters. The topological polar surface area (TPSA) is 122 Å². The van der Waals surface area contributed by atoms with Crippen LogP contribution in [0.2, 0.25) is 0 Å². The van der Waals surface area contributed by atoms with E-state index in [-0.39, 0.29) is 36.2 Å². The van der Waals surface area contributed by atoms with E-state index in [1.165, 1.54) is 25.3 Å². The van der Waals surface area contributed by atoms with Crippen LogP contribution in [-0.2, 0) is 16.1 Å². The summed E-state index contributed by atoms with van der Waals surface area (Å²) in [5, 5.41) is 9.23. The summed E-state index contributed by atoms with van der Waals surface area (Å²) < 4.78 is 5.94. The lowest BCUT2D eigenvalue weighted by molar-refractivity contribution is -0.137. The van der Waals surface area contributed by atoms with Crippen molar-refractivity contribution in [2.45, 2.75) is 13.5 Å². The van der Waals surface area contributed by atoms with Gasteiger partial charge in [0.05, 0.1) is 17.5 Å². The summed E-state index contributed by atoms with van der Waals surface area (Å²) in [4.78, 5) is 51.3. The number of fused-ring (bicyclic) bond motifs is 1. The Kier molecular flexibility index (Phi) is 5.71. The van der Waals surface area contributed by atoms with Gasteiger partial charge in [-0.05, 0) is 25.1 Å². The lowest BCUT2D eigenvalue weighted by Crippen LogP contribution is -2.38. The Morgan fingerprint density at radius 2 is 2.04 bits per heavy atom. The van der Waals surface area contributed by atoms with E-state index < -0.39 is 29.7 Å². The van der Waals surface area contributed by atoms with E-state index in [2.05, 4.69) is 4.98 Å². The number of rotatable bonds is 7. The molecule has 0 bridgehead atoms. The molecule has 0 unspecified atom stereocenters. The molecule has 1 amide bonds. The van der Waals surface area contributed by atoms with Crippen molar-refractivity contribution in [3.63, 3.8) is 0 Å². The first-order valence-corrected chi connectivity index (χ1v) is 7.66. The zero-order valence-electron chi connectivity index (χ0n) is 13.9. The number of methoxy groups -OCH3 is 1. The van der Waals surface area contributed by atoms with E-state index in [1.54, 1.807) is 6.92 Å². The molecule has 1 aromatic heterocycles. The van der Waals surface area contributed by atoms with Gasteiger partial charge in [0.1, 0.15) is 6.54 Å². The number of nitrogens with zero attached hydrogens (tertiary/aromatic N) is 2. The molecule has 2 N–H and O–H groups in total. The lowest BCUT2D eigenvalue weighted by Gasteiger charge is -2.20. The SMILES string of the molecule is CCn1c(=O)[nH]c2cc(C(=O)N(CCOC)CC(=O)O)ccc2c1=O. The van der Waals surface area contributed by atoms with Crippen molar-refractivity contribution in [3.05, 3.63) is 44.6 Å². The van der Waals surface area contributed by atoms with Crippen LogP contribution in [0.3, 0.4) is 0 Å². The monoisotopic (exact) mass is 349 g/mol. The van der Waals surface area contributed by atoms with Crippen LogP contribution in [0.4, 0.5) is 0 Å². The number of aliphatic carboxylic acids is 1. The summed E-state index contributed by atoms with van der Waals surface area (Å²) >= 11 is 0. The van der Waals surface area contributed by atoms with Crippen LogP contribution in [0.1, 0.15) is 17.3 Å². The third kappa shape index (κ3) is 3.94. The summed E-state index contributed by atoms with van der Waals surface area (Å²) in [6.45, 7) is 1.72. The van der Waals surface area contributed by atoms with Gasteiger partial charge in [-0.3, -0.25) is 19.0 Å². The molecule has 0 aliphatic carbocycles. The van der Waals surface area contributed by atoms with Crippen LogP contribution >= 0.6 is 0 Å². The van der Waals surface area contributed by atoms with Crippen LogP contribution in [0.15, 0.2) is 27.8 Å². The van der Waals surface area contributed by atoms with Crippen molar-refractivity contribution in [2.75, 3.05) is 26.8 Å². The highest BCUT2D eigenvalue weighted by molar-refractivity contribution is 5.98. The summed E-state index contributed by atoms with van der Waals surface area (Å²) in [5.74, 6) is -1.67. The second-order valence-electron chi connectivity index (χ2n) is 5.35. The standard InChI is InChI=1S/C16H19N3O6/c1-3-19-15(23)11-5-4-10(8-12(11)17-16(19)24)14(22)18(6-7-25-2)9-13(20)21/h4-5,8H,3,6-7,9H2,1-2H3,(H,17,24)(H,20,21). The molecular formula is C16H19N3O6. The molecule has 0 saturated carbocycles. The predicted octanol–water partition coefficient (Wildman–Crippen LogP) is -0.117. The number of hydrogen-bond acceptors (Lipinski definition) is 5. The molecule has 2 rings (SSSR count). The predicted molar refractivity (Wildman–Crippen MR) is 89.9 cm³/mol. The minimum atomic E-state index is -1.15. The number of carbonyl (C=O) groups excluding carboxylic acids is 1. The normalized spacial score (nSPS) is 10.8. The quantitative estimate of drug-likeness (QED) is 0.719. The minimum Gasteiger partial charge on any atom is -0.480 e. The van der Waals surface area contributed by atoms with Crippen molar-refractivity contribution < 1.29 is 19.4 Å². The molecule has 0 aliphatic heterocycles. The van der Waals surface area contributed by atoms with E-state index in [4.69, 9.17) is 9.84 Å². The van der Waals surface area contributed by atoms with E-state index >= 15 is 0 Å². The highest BCUT2D eigenvalue weighted by Gasteiger charge is 2.19. The van der Waals surface area contributed by atoms with Gasteiger partial charge in [0.25, 0.3) is 11.5 Å². The van der Waals surface area contributed by atoms with Crippen LogP contribution in [0.5, 0.6) is 0 Å². The first-order chi connectivity index (χ1) is 11.9. The molecular weight excluding hydrogens is 330 g/mol. The van der Waals surface area contributed by atoms with Crippen molar-refractivity contribution >= 4 is 22.8 Å². The van der Waals surface area contributed by atoms with E-state index in [9.17, 15) is 19.2 Å². The van der Waals surface area contributed by atoms with Gasteiger partial charge in [-0.2, -0.15) is 0 Å². The second kappa shape index (κ2) is 7.75. The Bertz CT molecular complexity index is 914.